The summed E-state index contributed by atoms with van der Waals surface area (Å²) in [4.78, 5) is 72.9. The zero-order valence-electron chi connectivity index (χ0n) is 64.1. The summed E-state index contributed by atoms with van der Waals surface area (Å²) >= 11 is 0. The lowest BCUT2D eigenvalue weighted by Gasteiger charge is -2.21. The SMILES string of the molecule is CCCCCCCCCCCCCCCCCCCC(=O)OC[C@H](COP(=O)(O)OC[C@@H](O)COP(=O)(O)OC[C@@H](COC(=O)CCCCCCCCCCC)OC(=O)CCCCCCCCCCCCCC(C)C)OC(=O)CCCCCCCCCCCCCCCCCC(C)C. The molecule has 0 spiro atoms. The smallest absolute Gasteiger partial charge is 0.462 e. The van der Waals surface area contributed by atoms with E-state index in [2.05, 4.69) is 41.5 Å². The van der Waals surface area contributed by atoms with Crippen molar-refractivity contribution >= 4 is 39.5 Å². The maximum Gasteiger partial charge on any atom is 0.472 e. The monoisotopic (exact) mass is 1440 g/mol. The molecule has 0 fully saturated rings. The first kappa shape index (κ1) is 96.1. The number of phosphoric acid groups is 2. The summed E-state index contributed by atoms with van der Waals surface area (Å²) < 4.78 is 68.6. The molecule has 0 aliphatic heterocycles. The Morgan fingerprint density at radius 2 is 0.469 bits per heavy atom. The number of rotatable bonds is 78. The van der Waals surface area contributed by atoms with E-state index in [4.69, 9.17) is 37.0 Å². The highest BCUT2D eigenvalue weighted by atomic mass is 31.2. The zero-order chi connectivity index (χ0) is 72.1. The van der Waals surface area contributed by atoms with Crippen LogP contribution in [0.15, 0.2) is 0 Å². The minimum atomic E-state index is -4.96. The molecule has 0 heterocycles. The van der Waals surface area contributed by atoms with Crippen LogP contribution in [0.25, 0.3) is 0 Å². The van der Waals surface area contributed by atoms with Crippen LogP contribution in [0.2, 0.25) is 0 Å². The number of aliphatic hydroxyl groups excluding tert-OH is 1. The molecular weight excluding hydrogens is 1280 g/mol. The fourth-order valence-corrected chi connectivity index (χ4v) is 13.8. The first-order valence-electron chi connectivity index (χ1n) is 41.0. The van der Waals surface area contributed by atoms with Gasteiger partial charge in [0, 0.05) is 25.7 Å². The van der Waals surface area contributed by atoms with Gasteiger partial charge < -0.3 is 33.8 Å². The molecule has 98 heavy (non-hydrogen) atoms. The number of carbonyl (C=O) groups is 4. The molecule has 582 valence electrons. The van der Waals surface area contributed by atoms with Gasteiger partial charge >= 0.3 is 39.5 Å². The largest absolute Gasteiger partial charge is 0.472 e. The van der Waals surface area contributed by atoms with Crippen LogP contribution in [-0.4, -0.2) is 96.7 Å². The molecule has 0 rings (SSSR count). The van der Waals surface area contributed by atoms with Gasteiger partial charge in [-0.25, -0.2) is 9.13 Å². The number of hydrogen-bond donors (Lipinski definition) is 3. The van der Waals surface area contributed by atoms with Gasteiger partial charge in [0.1, 0.15) is 19.3 Å². The van der Waals surface area contributed by atoms with Crippen LogP contribution >= 0.6 is 15.6 Å². The van der Waals surface area contributed by atoms with Crippen molar-refractivity contribution in [3.05, 3.63) is 0 Å². The molecule has 0 radical (unpaired) electrons. The number of esters is 4. The predicted octanol–water partition coefficient (Wildman–Crippen LogP) is 23.5. The number of aliphatic hydroxyl groups is 1. The predicted molar refractivity (Wildman–Crippen MR) is 400 cm³/mol. The third kappa shape index (κ3) is 72.4. The van der Waals surface area contributed by atoms with Crippen molar-refractivity contribution in [3.63, 3.8) is 0 Å². The van der Waals surface area contributed by atoms with Crippen molar-refractivity contribution in [1.29, 1.82) is 0 Å². The van der Waals surface area contributed by atoms with E-state index in [1.807, 2.05) is 0 Å². The van der Waals surface area contributed by atoms with Crippen LogP contribution in [0.1, 0.15) is 414 Å². The van der Waals surface area contributed by atoms with Crippen molar-refractivity contribution < 1.29 is 80.2 Å². The van der Waals surface area contributed by atoms with E-state index in [0.717, 1.165) is 102 Å². The van der Waals surface area contributed by atoms with E-state index in [0.29, 0.717) is 25.7 Å². The quantitative estimate of drug-likeness (QED) is 0.0222. The van der Waals surface area contributed by atoms with Gasteiger partial charge in [0.05, 0.1) is 26.4 Å². The van der Waals surface area contributed by atoms with Gasteiger partial charge in [0.25, 0.3) is 0 Å². The van der Waals surface area contributed by atoms with Crippen LogP contribution in [-0.2, 0) is 65.4 Å². The van der Waals surface area contributed by atoms with E-state index in [1.165, 1.54) is 231 Å². The molecule has 0 amide bonds. The van der Waals surface area contributed by atoms with E-state index in [-0.39, 0.29) is 25.7 Å². The highest BCUT2D eigenvalue weighted by molar-refractivity contribution is 7.47. The summed E-state index contributed by atoms with van der Waals surface area (Å²) in [7, 11) is -9.91. The summed E-state index contributed by atoms with van der Waals surface area (Å²) in [5, 5.41) is 10.6. The first-order chi connectivity index (χ1) is 47.4. The van der Waals surface area contributed by atoms with Crippen LogP contribution in [0, 0.1) is 11.8 Å². The maximum absolute atomic E-state index is 13.1. The lowest BCUT2D eigenvalue weighted by Crippen LogP contribution is -2.30. The number of ether oxygens (including phenoxy) is 4. The fourth-order valence-electron chi connectivity index (χ4n) is 12.2. The van der Waals surface area contributed by atoms with Crippen molar-refractivity contribution in [3.8, 4) is 0 Å². The number of phosphoric ester groups is 2. The van der Waals surface area contributed by atoms with Crippen molar-refractivity contribution in [2.75, 3.05) is 39.6 Å². The minimum Gasteiger partial charge on any atom is -0.462 e. The molecule has 5 atom stereocenters. The summed E-state index contributed by atoms with van der Waals surface area (Å²) in [6, 6.07) is 0. The first-order valence-corrected chi connectivity index (χ1v) is 44.0. The van der Waals surface area contributed by atoms with E-state index < -0.39 is 97.5 Å². The van der Waals surface area contributed by atoms with Crippen LogP contribution < -0.4 is 0 Å². The summed E-state index contributed by atoms with van der Waals surface area (Å²) in [6.07, 6.45) is 59.6. The Bertz CT molecular complexity index is 1890. The summed E-state index contributed by atoms with van der Waals surface area (Å²) in [5.74, 6) is -0.543. The Labute approximate surface area is 600 Å². The van der Waals surface area contributed by atoms with Gasteiger partial charge in [-0.2, -0.15) is 0 Å². The number of unbranched alkanes of at least 4 members (excludes halogenated alkanes) is 48. The normalized spacial score (nSPS) is 13.9. The minimum absolute atomic E-state index is 0.107. The summed E-state index contributed by atoms with van der Waals surface area (Å²) in [6.45, 7) is 9.63. The van der Waals surface area contributed by atoms with Gasteiger partial charge in [-0.1, -0.05) is 363 Å². The standard InChI is InChI=1S/C79H154O17P2/c1-7-9-11-13-15-17-18-19-20-21-24-27-32-38-44-50-56-62-77(82)90-68-75(96-78(83)63-57-51-45-39-33-28-25-22-23-26-30-36-41-47-53-59-71(3)4)70-94-98(87,88)92-66-73(80)65-91-97(85,86)93-69-74(67-89-76(81)61-55-49-43-35-16-14-12-10-8-2)95-79(84)64-58-52-46-40-34-29-31-37-42-48-54-60-72(5)6/h71-75,80H,7-70H2,1-6H3,(H,85,86)(H,87,88)/t73-,74+,75+/m0/s1. The molecule has 3 N–H and O–H groups in total. The Hall–Kier alpha value is -1.94. The van der Waals surface area contributed by atoms with Crippen molar-refractivity contribution in [1.82, 2.24) is 0 Å². The number of carbonyl (C=O) groups excluding carboxylic acids is 4. The Kier molecular flexibility index (Phi) is 69.3. The van der Waals surface area contributed by atoms with E-state index in [1.54, 1.807) is 0 Å². The third-order valence-electron chi connectivity index (χ3n) is 18.5. The average Bonchev–Trinajstić information content (AvgIpc) is 1.27. The van der Waals surface area contributed by atoms with Gasteiger partial charge in [-0.15, -0.1) is 0 Å². The lowest BCUT2D eigenvalue weighted by atomic mass is 10.0. The Balaban J connectivity index is 5.23. The molecule has 0 aromatic carbocycles. The number of hydrogen-bond acceptors (Lipinski definition) is 15. The molecule has 0 bridgehead atoms. The van der Waals surface area contributed by atoms with Crippen molar-refractivity contribution in [2.24, 2.45) is 11.8 Å². The topological polar surface area (TPSA) is 237 Å². The third-order valence-corrected chi connectivity index (χ3v) is 20.4. The van der Waals surface area contributed by atoms with Gasteiger partial charge in [0.15, 0.2) is 12.2 Å². The molecule has 0 aromatic rings. The second-order valence-corrected chi connectivity index (χ2v) is 32.3. The molecule has 17 nitrogen and oxygen atoms in total. The Morgan fingerprint density at radius 3 is 0.694 bits per heavy atom. The van der Waals surface area contributed by atoms with E-state index >= 15 is 0 Å². The Morgan fingerprint density at radius 1 is 0.276 bits per heavy atom. The highest BCUT2D eigenvalue weighted by Crippen LogP contribution is 2.45. The second kappa shape index (κ2) is 70.7. The average molecular weight is 1440 g/mol. The van der Waals surface area contributed by atoms with Gasteiger partial charge in [-0.3, -0.25) is 37.3 Å². The zero-order valence-corrected chi connectivity index (χ0v) is 65.9. The lowest BCUT2D eigenvalue weighted by molar-refractivity contribution is -0.161. The second-order valence-electron chi connectivity index (χ2n) is 29.4. The molecule has 19 heteroatoms. The van der Waals surface area contributed by atoms with Crippen LogP contribution in [0.3, 0.4) is 0 Å². The molecule has 0 aliphatic carbocycles. The molecule has 0 aromatic heterocycles. The van der Waals surface area contributed by atoms with Crippen molar-refractivity contribution in [2.45, 2.75) is 432 Å². The maximum atomic E-state index is 13.1. The molecule has 0 saturated heterocycles. The molecule has 2 unspecified atom stereocenters. The highest BCUT2D eigenvalue weighted by Gasteiger charge is 2.30. The van der Waals surface area contributed by atoms with Crippen LogP contribution in [0.4, 0.5) is 0 Å². The van der Waals surface area contributed by atoms with Crippen LogP contribution in [0.5, 0.6) is 0 Å². The van der Waals surface area contributed by atoms with E-state index in [9.17, 15) is 43.2 Å². The van der Waals surface area contributed by atoms with Gasteiger partial charge in [-0.05, 0) is 37.5 Å². The summed E-state index contributed by atoms with van der Waals surface area (Å²) in [5.41, 5.74) is 0. The molecule has 0 aliphatic rings. The fraction of sp³-hybridized carbons (Fsp3) is 0.949. The van der Waals surface area contributed by atoms with Gasteiger partial charge in [0.2, 0.25) is 0 Å². The molecule has 0 saturated carbocycles. The molecular formula is C79H154O17P2.